The number of ether oxygens (including phenoxy) is 1. The van der Waals surface area contributed by atoms with Gasteiger partial charge < -0.3 is 15.0 Å². The van der Waals surface area contributed by atoms with Crippen LogP contribution in [0.2, 0.25) is 0 Å². The minimum atomic E-state index is -0.193. The van der Waals surface area contributed by atoms with Gasteiger partial charge >= 0.3 is 5.97 Å². The van der Waals surface area contributed by atoms with E-state index in [0.717, 1.165) is 19.5 Å². The molecule has 1 N–H and O–H groups in total. The standard InChI is InChI=1S/C9H18N2O2/c1-7(9(12)13-3)10-8-4-5-11(2)6-8/h7-8,10H,4-6H2,1-3H3. The summed E-state index contributed by atoms with van der Waals surface area (Å²) >= 11 is 0. The molecule has 0 bridgehead atoms. The fourth-order valence-electron chi connectivity index (χ4n) is 1.67. The van der Waals surface area contributed by atoms with Crippen LogP contribution in [0.4, 0.5) is 0 Å². The highest BCUT2D eigenvalue weighted by molar-refractivity contribution is 5.75. The maximum Gasteiger partial charge on any atom is 0.322 e. The van der Waals surface area contributed by atoms with E-state index in [-0.39, 0.29) is 12.0 Å². The van der Waals surface area contributed by atoms with Gasteiger partial charge in [-0.3, -0.25) is 4.79 Å². The quantitative estimate of drug-likeness (QED) is 0.622. The lowest BCUT2D eigenvalue weighted by atomic mass is 10.2. The number of nitrogens with one attached hydrogen (secondary N) is 1. The van der Waals surface area contributed by atoms with Gasteiger partial charge in [0.25, 0.3) is 0 Å². The number of carbonyl (C=O) groups excluding carboxylic acids is 1. The third kappa shape index (κ3) is 2.97. The van der Waals surface area contributed by atoms with Gasteiger partial charge in [0.1, 0.15) is 6.04 Å². The zero-order valence-electron chi connectivity index (χ0n) is 8.54. The number of methoxy groups -OCH3 is 1. The molecule has 76 valence electrons. The van der Waals surface area contributed by atoms with E-state index in [1.54, 1.807) is 0 Å². The Labute approximate surface area is 79.2 Å². The maximum absolute atomic E-state index is 11.1. The zero-order valence-corrected chi connectivity index (χ0v) is 8.54. The molecule has 1 aliphatic heterocycles. The second-order valence-corrected chi connectivity index (χ2v) is 3.66. The van der Waals surface area contributed by atoms with Crippen LogP contribution in [0.5, 0.6) is 0 Å². The fraction of sp³-hybridized carbons (Fsp3) is 0.889. The first-order valence-corrected chi connectivity index (χ1v) is 4.66. The van der Waals surface area contributed by atoms with Crippen LogP contribution < -0.4 is 5.32 Å². The smallest absolute Gasteiger partial charge is 0.322 e. The van der Waals surface area contributed by atoms with Crippen molar-refractivity contribution in [3.05, 3.63) is 0 Å². The van der Waals surface area contributed by atoms with E-state index in [9.17, 15) is 4.79 Å². The van der Waals surface area contributed by atoms with E-state index in [2.05, 4.69) is 22.0 Å². The SMILES string of the molecule is COC(=O)C(C)NC1CCN(C)C1. The average molecular weight is 186 g/mol. The van der Waals surface area contributed by atoms with Crippen molar-refractivity contribution in [3.63, 3.8) is 0 Å². The number of carbonyl (C=O) groups is 1. The van der Waals surface area contributed by atoms with Crippen LogP contribution >= 0.6 is 0 Å². The molecule has 0 saturated carbocycles. The second-order valence-electron chi connectivity index (χ2n) is 3.66. The Hall–Kier alpha value is -0.610. The summed E-state index contributed by atoms with van der Waals surface area (Å²) in [6.07, 6.45) is 1.11. The molecule has 0 radical (unpaired) electrons. The molecule has 1 rings (SSSR count). The summed E-state index contributed by atoms with van der Waals surface area (Å²) in [5, 5.41) is 3.24. The lowest BCUT2D eigenvalue weighted by Crippen LogP contribution is -2.43. The Balaban J connectivity index is 2.28. The molecular formula is C9H18N2O2. The first kappa shape index (κ1) is 10.5. The topological polar surface area (TPSA) is 41.6 Å². The minimum absolute atomic E-state index is 0.186. The van der Waals surface area contributed by atoms with E-state index >= 15 is 0 Å². The molecule has 1 aliphatic rings. The Bertz CT molecular complexity index is 184. The van der Waals surface area contributed by atoms with Crippen molar-refractivity contribution in [1.29, 1.82) is 0 Å². The van der Waals surface area contributed by atoms with E-state index in [1.807, 2.05) is 6.92 Å². The third-order valence-electron chi connectivity index (χ3n) is 2.43. The van der Waals surface area contributed by atoms with Gasteiger partial charge in [0, 0.05) is 12.6 Å². The molecule has 13 heavy (non-hydrogen) atoms. The second kappa shape index (κ2) is 4.58. The van der Waals surface area contributed by atoms with Gasteiger partial charge in [0.2, 0.25) is 0 Å². The van der Waals surface area contributed by atoms with Crippen molar-refractivity contribution in [3.8, 4) is 0 Å². The van der Waals surface area contributed by atoms with Gasteiger partial charge in [-0.1, -0.05) is 0 Å². The molecule has 0 aromatic heterocycles. The maximum atomic E-state index is 11.1. The van der Waals surface area contributed by atoms with Gasteiger partial charge in [-0.2, -0.15) is 0 Å². The summed E-state index contributed by atoms with van der Waals surface area (Å²) in [6.45, 7) is 3.96. The molecule has 1 fully saturated rings. The number of rotatable bonds is 3. The van der Waals surface area contributed by atoms with Gasteiger partial charge in [0.15, 0.2) is 0 Å². The van der Waals surface area contributed by atoms with Crippen molar-refractivity contribution in [2.75, 3.05) is 27.2 Å². The lowest BCUT2D eigenvalue weighted by molar-refractivity contribution is -0.142. The summed E-state index contributed by atoms with van der Waals surface area (Å²) in [6, 6.07) is 0.237. The highest BCUT2D eigenvalue weighted by Crippen LogP contribution is 2.06. The molecule has 2 unspecified atom stereocenters. The molecule has 0 aromatic carbocycles. The summed E-state index contributed by atoms with van der Waals surface area (Å²) < 4.78 is 4.63. The monoisotopic (exact) mass is 186 g/mol. The molecule has 1 saturated heterocycles. The highest BCUT2D eigenvalue weighted by Gasteiger charge is 2.23. The third-order valence-corrected chi connectivity index (χ3v) is 2.43. The summed E-state index contributed by atoms with van der Waals surface area (Å²) in [7, 11) is 3.51. The first-order valence-electron chi connectivity index (χ1n) is 4.66. The van der Waals surface area contributed by atoms with Crippen molar-refractivity contribution in [2.24, 2.45) is 0 Å². The van der Waals surface area contributed by atoms with Crippen LogP contribution in [0, 0.1) is 0 Å². The molecule has 0 amide bonds. The largest absolute Gasteiger partial charge is 0.468 e. The molecule has 0 aromatic rings. The summed E-state index contributed by atoms with van der Waals surface area (Å²) in [4.78, 5) is 13.3. The lowest BCUT2D eigenvalue weighted by Gasteiger charge is -2.17. The van der Waals surface area contributed by atoms with Crippen molar-refractivity contribution < 1.29 is 9.53 Å². The highest BCUT2D eigenvalue weighted by atomic mass is 16.5. The number of likely N-dealkylation sites (N-methyl/N-ethyl adjacent to an activating group) is 1. The van der Waals surface area contributed by atoms with Crippen LogP contribution in [0.3, 0.4) is 0 Å². The Morgan fingerprint density at radius 2 is 2.38 bits per heavy atom. The van der Waals surface area contributed by atoms with Gasteiger partial charge in [-0.05, 0) is 26.9 Å². The van der Waals surface area contributed by atoms with E-state index in [1.165, 1.54) is 7.11 Å². The fourth-order valence-corrected chi connectivity index (χ4v) is 1.67. The predicted octanol–water partition coefficient (Wildman–Crippen LogP) is -0.158. The summed E-state index contributed by atoms with van der Waals surface area (Å²) in [5.74, 6) is -0.186. The molecule has 2 atom stereocenters. The number of hydrogen-bond acceptors (Lipinski definition) is 4. The van der Waals surface area contributed by atoms with Crippen LogP contribution in [0.25, 0.3) is 0 Å². The van der Waals surface area contributed by atoms with E-state index in [4.69, 9.17) is 0 Å². The number of nitrogens with zero attached hydrogens (tertiary/aromatic N) is 1. The number of hydrogen-bond donors (Lipinski definition) is 1. The van der Waals surface area contributed by atoms with E-state index in [0.29, 0.717) is 6.04 Å². The molecule has 4 heteroatoms. The van der Waals surface area contributed by atoms with Gasteiger partial charge in [-0.25, -0.2) is 0 Å². The molecule has 0 spiro atoms. The van der Waals surface area contributed by atoms with Crippen molar-refractivity contribution in [2.45, 2.75) is 25.4 Å². The predicted molar refractivity (Wildman–Crippen MR) is 50.5 cm³/mol. The Morgan fingerprint density at radius 3 is 2.85 bits per heavy atom. The zero-order chi connectivity index (χ0) is 9.84. The van der Waals surface area contributed by atoms with Gasteiger partial charge in [-0.15, -0.1) is 0 Å². The Morgan fingerprint density at radius 1 is 1.69 bits per heavy atom. The van der Waals surface area contributed by atoms with E-state index < -0.39 is 0 Å². The first-order chi connectivity index (χ1) is 6.13. The van der Waals surface area contributed by atoms with Crippen molar-refractivity contribution in [1.82, 2.24) is 10.2 Å². The normalized spacial score (nSPS) is 25.9. The molecule has 4 nitrogen and oxygen atoms in total. The molecule has 0 aliphatic carbocycles. The van der Waals surface area contributed by atoms with Gasteiger partial charge in [0.05, 0.1) is 7.11 Å². The van der Waals surface area contributed by atoms with Crippen LogP contribution in [-0.2, 0) is 9.53 Å². The number of likely N-dealkylation sites (tertiary alicyclic amines) is 1. The van der Waals surface area contributed by atoms with Crippen LogP contribution in [-0.4, -0.2) is 50.2 Å². The molecular weight excluding hydrogens is 168 g/mol. The average Bonchev–Trinajstić information content (AvgIpc) is 2.49. The minimum Gasteiger partial charge on any atom is -0.468 e. The number of esters is 1. The van der Waals surface area contributed by atoms with Crippen molar-refractivity contribution >= 4 is 5.97 Å². The molecule has 1 heterocycles. The van der Waals surface area contributed by atoms with Crippen LogP contribution in [0.15, 0.2) is 0 Å². The Kier molecular flexibility index (Phi) is 3.69. The summed E-state index contributed by atoms with van der Waals surface area (Å²) in [5.41, 5.74) is 0. The van der Waals surface area contributed by atoms with Crippen LogP contribution in [0.1, 0.15) is 13.3 Å².